The van der Waals surface area contributed by atoms with E-state index in [1.54, 1.807) is 42.5 Å². The van der Waals surface area contributed by atoms with E-state index in [0.717, 1.165) is 31.4 Å². The lowest BCUT2D eigenvalue weighted by Gasteiger charge is -2.31. The van der Waals surface area contributed by atoms with E-state index in [-0.39, 0.29) is 18.1 Å². The molecule has 11 nitrogen and oxygen atoms in total. The zero-order valence-electron chi connectivity index (χ0n) is 22.8. The number of hydrogen-bond donors (Lipinski definition) is 2. The first-order valence-corrected chi connectivity index (χ1v) is 13.4. The number of carbonyl (C=O) groups is 2. The van der Waals surface area contributed by atoms with E-state index in [4.69, 9.17) is 4.74 Å². The van der Waals surface area contributed by atoms with Crippen molar-refractivity contribution in [3.05, 3.63) is 75.2 Å². The van der Waals surface area contributed by atoms with Gasteiger partial charge in [0.05, 0.1) is 0 Å². The maximum Gasteiger partial charge on any atom is 0.302 e. The number of aromatic amines is 1. The van der Waals surface area contributed by atoms with Gasteiger partial charge in [-0.1, -0.05) is 0 Å². The SMILES string of the molecule is CC(=O)OCc1c(-c2cc(Nc3cc(C)[nH]n3)c(=O)n(C)c2)ccnc1N1CCn2c(cc3c2CCCC3)C1=O. The molecular weight excluding hydrogens is 510 g/mol. The molecular formula is C29H31N7O4. The number of amides is 1. The predicted molar refractivity (Wildman–Crippen MR) is 150 cm³/mol. The van der Waals surface area contributed by atoms with Gasteiger partial charge in [-0.15, -0.1) is 0 Å². The van der Waals surface area contributed by atoms with Crippen LogP contribution in [0.5, 0.6) is 0 Å². The van der Waals surface area contributed by atoms with Crippen LogP contribution in [0, 0.1) is 6.92 Å². The number of H-pyrrole nitrogens is 1. The molecule has 0 aromatic carbocycles. The van der Waals surface area contributed by atoms with Gasteiger partial charge >= 0.3 is 5.97 Å². The maximum absolute atomic E-state index is 13.8. The third-order valence-electron chi connectivity index (χ3n) is 7.59. The number of anilines is 3. The lowest BCUT2D eigenvalue weighted by molar-refractivity contribution is -0.142. The molecule has 1 aliphatic carbocycles. The minimum Gasteiger partial charge on any atom is -0.461 e. The van der Waals surface area contributed by atoms with Gasteiger partial charge in [0.15, 0.2) is 5.82 Å². The molecule has 0 spiro atoms. The highest BCUT2D eigenvalue weighted by atomic mass is 16.5. The Morgan fingerprint density at radius 1 is 1.15 bits per heavy atom. The number of rotatable bonds is 6. The molecule has 11 heteroatoms. The number of esters is 1. The Kier molecular flexibility index (Phi) is 6.49. The minimum atomic E-state index is -0.441. The molecule has 4 aromatic heterocycles. The Balaban J connectivity index is 1.43. The van der Waals surface area contributed by atoms with Gasteiger partial charge in [0.25, 0.3) is 11.5 Å². The molecule has 0 bridgehead atoms. The van der Waals surface area contributed by atoms with Crippen molar-refractivity contribution in [2.45, 2.75) is 52.7 Å². The first-order chi connectivity index (χ1) is 19.3. The summed E-state index contributed by atoms with van der Waals surface area (Å²) in [7, 11) is 1.67. The van der Waals surface area contributed by atoms with Gasteiger partial charge in [0, 0.05) is 68.0 Å². The summed E-state index contributed by atoms with van der Waals surface area (Å²) in [5.41, 5.74) is 6.17. The van der Waals surface area contributed by atoms with Crippen molar-refractivity contribution in [3.63, 3.8) is 0 Å². The van der Waals surface area contributed by atoms with Gasteiger partial charge in [-0.3, -0.25) is 24.4 Å². The average Bonchev–Trinajstić information content (AvgIpc) is 3.53. The van der Waals surface area contributed by atoms with Gasteiger partial charge in [-0.25, -0.2) is 4.98 Å². The van der Waals surface area contributed by atoms with E-state index < -0.39 is 5.97 Å². The molecule has 4 aromatic rings. The van der Waals surface area contributed by atoms with Gasteiger partial charge < -0.3 is 19.2 Å². The van der Waals surface area contributed by atoms with Crippen molar-refractivity contribution in [1.82, 2.24) is 24.3 Å². The number of aryl methyl sites for hydroxylation is 3. The van der Waals surface area contributed by atoms with Crippen LogP contribution in [-0.2, 0) is 42.6 Å². The van der Waals surface area contributed by atoms with E-state index in [0.29, 0.717) is 52.8 Å². The fraction of sp³-hybridized carbons (Fsp3) is 0.345. The first kappa shape index (κ1) is 25.6. The van der Waals surface area contributed by atoms with Gasteiger partial charge in [-0.05, 0) is 61.9 Å². The average molecular weight is 542 g/mol. The number of hydrogen-bond acceptors (Lipinski definition) is 7. The third kappa shape index (κ3) is 4.57. The molecule has 2 aliphatic rings. The van der Waals surface area contributed by atoms with Gasteiger partial charge in [0.1, 0.15) is 23.8 Å². The van der Waals surface area contributed by atoms with Crippen LogP contribution in [-0.4, -0.2) is 42.7 Å². The summed E-state index contributed by atoms with van der Waals surface area (Å²) in [6.45, 7) is 4.28. The Morgan fingerprint density at radius 2 is 1.98 bits per heavy atom. The molecule has 0 unspecified atom stereocenters. The summed E-state index contributed by atoms with van der Waals surface area (Å²) >= 11 is 0. The van der Waals surface area contributed by atoms with E-state index in [1.807, 2.05) is 13.0 Å². The second kappa shape index (κ2) is 10.1. The van der Waals surface area contributed by atoms with Crippen LogP contribution in [0.25, 0.3) is 11.1 Å². The molecule has 0 radical (unpaired) electrons. The molecule has 0 saturated carbocycles. The van der Waals surface area contributed by atoms with Crippen LogP contribution in [0.4, 0.5) is 17.3 Å². The highest BCUT2D eigenvalue weighted by Crippen LogP contribution is 2.35. The standard InChI is InChI=1S/C29H31N7O4/c1-17-12-26(33-32-17)31-23-13-20(15-34(3)28(23)38)21-8-9-30-27(22(21)16-40-18(2)37)36-11-10-35-24-7-5-4-6-19(24)14-25(35)29(36)39/h8-9,12-15H,4-7,10-11,16H2,1-3H3,(H2,31,32,33). The van der Waals surface area contributed by atoms with Crippen molar-refractivity contribution in [1.29, 1.82) is 0 Å². The summed E-state index contributed by atoms with van der Waals surface area (Å²) in [4.78, 5) is 44.9. The van der Waals surface area contributed by atoms with Crippen LogP contribution < -0.4 is 15.8 Å². The molecule has 40 heavy (non-hydrogen) atoms. The number of nitrogens with zero attached hydrogens (tertiary/aromatic N) is 5. The number of carbonyl (C=O) groups excluding carboxylic acids is 2. The fourth-order valence-corrected chi connectivity index (χ4v) is 5.71. The lowest BCUT2D eigenvalue weighted by Crippen LogP contribution is -2.41. The highest BCUT2D eigenvalue weighted by Gasteiger charge is 2.32. The largest absolute Gasteiger partial charge is 0.461 e. The second-order valence-corrected chi connectivity index (χ2v) is 10.4. The third-order valence-corrected chi connectivity index (χ3v) is 7.59. The zero-order chi connectivity index (χ0) is 28.0. The lowest BCUT2D eigenvalue weighted by atomic mass is 9.98. The van der Waals surface area contributed by atoms with Crippen molar-refractivity contribution in [3.8, 4) is 11.1 Å². The van der Waals surface area contributed by atoms with E-state index in [1.165, 1.54) is 22.7 Å². The normalized spacial score (nSPS) is 14.6. The topological polar surface area (TPSA) is 127 Å². The number of nitrogens with one attached hydrogen (secondary N) is 2. The molecule has 5 heterocycles. The predicted octanol–water partition coefficient (Wildman–Crippen LogP) is 3.63. The molecule has 0 saturated heterocycles. The second-order valence-electron chi connectivity index (χ2n) is 10.4. The summed E-state index contributed by atoms with van der Waals surface area (Å²) in [5, 5.41) is 10.1. The van der Waals surface area contributed by atoms with Crippen LogP contribution in [0.2, 0.25) is 0 Å². The van der Waals surface area contributed by atoms with Crippen molar-refractivity contribution >= 4 is 29.2 Å². The molecule has 206 valence electrons. The van der Waals surface area contributed by atoms with Crippen molar-refractivity contribution < 1.29 is 14.3 Å². The van der Waals surface area contributed by atoms with Gasteiger partial charge in [0.2, 0.25) is 0 Å². The van der Waals surface area contributed by atoms with Crippen LogP contribution >= 0.6 is 0 Å². The van der Waals surface area contributed by atoms with E-state index in [9.17, 15) is 14.4 Å². The summed E-state index contributed by atoms with van der Waals surface area (Å²) < 4.78 is 9.09. The molecule has 2 N–H and O–H groups in total. The van der Waals surface area contributed by atoms with Gasteiger partial charge in [-0.2, -0.15) is 5.10 Å². The molecule has 1 aliphatic heterocycles. The maximum atomic E-state index is 13.8. The zero-order valence-corrected chi connectivity index (χ0v) is 22.8. The quantitative estimate of drug-likeness (QED) is 0.357. The van der Waals surface area contributed by atoms with Crippen molar-refractivity contribution in [2.24, 2.45) is 7.05 Å². The Bertz CT molecular complexity index is 1700. The smallest absolute Gasteiger partial charge is 0.302 e. The summed E-state index contributed by atoms with van der Waals surface area (Å²) in [6, 6.07) is 7.37. The van der Waals surface area contributed by atoms with Crippen LogP contribution in [0.3, 0.4) is 0 Å². The highest BCUT2D eigenvalue weighted by molar-refractivity contribution is 6.06. The number of ether oxygens (including phenoxy) is 1. The monoisotopic (exact) mass is 541 g/mol. The van der Waals surface area contributed by atoms with Crippen LogP contribution in [0.1, 0.15) is 52.8 Å². The first-order valence-electron chi connectivity index (χ1n) is 13.4. The summed E-state index contributed by atoms with van der Waals surface area (Å²) in [6.07, 6.45) is 7.63. The summed E-state index contributed by atoms with van der Waals surface area (Å²) in [5.74, 6) is 0.405. The fourth-order valence-electron chi connectivity index (χ4n) is 5.71. The number of aromatic nitrogens is 5. The Morgan fingerprint density at radius 3 is 2.75 bits per heavy atom. The number of fused-ring (bicyclic) bond motifs is 3. The molecule has 0 atom stereocenters. The van der Waals surface area contributed by atoms with Crippen LogP contribution in [0.15, 0.2) is 41.5 Å². The number of pyridine rings is 2. The molecule has 1 amide bonds. The Hall–Kier alpha value is -4.67. The Labute approximate surface area is 230 Å². The molecule has 0 fully saturated rings. The molecule has 6 rings (SSSR count). The van der Waals surface area contributed by atoms with E-state index >= 15 is 0 Å². The minimum absolute atomic E-state index is 0.0701. The van der Waals surface area contributed by atoms with Crippen molar-refractivity contribution in [2.75, 3.05) is 16.8 Å². The van der Waals surface area contributed by atoms with E-state index in [2.05, 4.69) is 25.1 Å².